The van der Waals surface area contributed by atoms with Gasteiger partial charge in [-0.15, -0.1) is 0 Å². The van der Waals surface area contributed by atoms with Crippen LogP contribution < -0.4 is 16.0 Å². The number of urea groups is 1. The minimum Gasteiger partial charge on any atom is -0.472 e. The maximum Gasteiger partial charge on any atom is 0.321 e. The van der Waals surface area contributed by atoms with Crippen molar-refractivity contribution in [2.24, 2.45) is 0 Å². The zero-order chi connectivity index (χ0) is 15.9. The van der Waals surface area contributed by atoms with E-state index in [1.54, 1.807) is 6.07 Å². The van der Waals surface area contributed by atoms with Crippen molar-refractivity contribution in [1.29, 1.82) is 0 Å². The van der Waals surface area contributed by atoms with Gasteiger partial charge in [0.2, 0.25) is 5.91 Å². The Morgan fingerprint density at radius 1 is 1.32 bits per heavy atom. The van der Waals surface area contributed by atoms with Crippen molar-refractivity contribution in [2.75, 3.05) is 26.7 Å². The van der Waals surface area contributed by atoms with E-state index in [4.69, 9.17) is 4.42 Å². The number of amides is 4. The van der Waals surface area contributed by atoms with E-state index >= 15 is 0 Å². The lowest BCUT2D eigenvalue weighted by molar-refractivity contribution is -0.121. The van der Waals surface area contributed by atoms with E-state index in [9.17, 15) is 14.4 Å². The zero-order valence-electron chi connectivity index (χ0n) is 12.4. The SMILES string of the molecule is CNC(=O)NC(=O)CN1CCC(NC(=O)c2ccoc2)CC1. The van der Waals surface area contributed by atoms with Gasteiger partial charge in [0.25, 0.3) is 5.91 Å². The summed E-state index contributed by atoms with van der Waals surface area (Å²) in [4.78, 5) is 36.5. The Bertz CT molecular complexity index is 521. The van der Waals surface area contributed by atoms with Gasteiger partial charge in [-0.3, -0.25) is 19.8 Å². The number of piperidine rings is 1. The average Bonchev–Trinajstić information content (AvgIpc) is 3.03. The Balaban J connectivity index is 1.70. The molecule has 1 saturated heterocycles. The average molecular weight is 308 g/mol. The second-order valence-corrected chi connectivity index (χ2v) is 5.16. The highest BCUT2D eigenvalue weighted by Gasteiger charge is 2.23. The minimum absolute atomic E-state index is 0.0839. The number of rotatable bonds is 4. The molecule has 0 saturated carbocycles. The second kappa shape index (κ2) is 7.60. The van der Waals surface area contributed by atoms with Crippen LogP contribution in [0.2, 0.25) is 0 Å². The van der Waals surface area contributed by atoms with Crippen molar-refractivity contribution < 1.29 is 18.8 Å². The quantitative estimate of drug-likeness (QED) is 0.722. The predicted octanol–water partition coefficient (Wildman–Crippen LogP) is -0.0706. The van der Waals surface area contributed by atoms with Crippen LogP contribution in [-0.4, -0.2) is 55.5 Å². The molecule has 22 heavy (non-hydrogen) atoms. The molecule has 2 heterocycles. The van der Waals surface area contributed by atoms with Gasteiger partial charge in [0.15, 0.2) is 0 Å². The van der Waals surface area contributed by atoms with E-state index in [2.05, 4.69) is 16.0 Å². The van der Waals surface area contributed by atoms with E-state index in [0.717, 1.165) is 12.8 Å². The smallest absolute Gasteiger partial charge is 0.321 e. The van der Waals surface area contributed by atoms with Gasteiger partial charge in [-0.05, 0) is 18.9 Å². The van der Waals surface area contributed by atoms with Crippen LogP contribution in [0.4, 0.5) is 4.79 Å². The summed E-state index contributed by atoms with van der Waals surface area (Å²) in [6, 6.07) is 1.20. The molecule has 1 aromatic rings. The van der Waals surface area contributed by atoms with Gasteiger partial charge >= 0.3 is 6.03 Å². The number of carbonyl (C=O) groups is 3. The zero-order valence-corrected chi connectivity index (χ0v) is 12.4. The lowest BCUT2D eigenvalue weighted by Crippen LogP contribution is -2.48. The third-order valence-electron chi connectivity index (χ3n) is 3.55. The fourth-order valence-corrected chi connectivity index (χ4v) is 2.33. The first-order valence-electron chi connectivity index (χ1n) is 7.15. The first kappa shape index (κ1) is 16.0. The summed E-state index contributed by atoms with van der Waals surface area (Å²) in [5.41, 5.74) is 0.507. The molecule has 8 nitrogen and oxygen atoms in total. The molecular formula is C14H20N4O4. The van der Waals surface area contributed by atoms with Crippen molar-refractivity contribution >= 4 is 17.8 Å². The van der Waals surface area contributed by atoms with E-state index in [-0.39, 0.29) is 24.4 Å². The molecule has 0 radical (unpaired) electrons. The van der Waals surface area contributed by atoms with Crippen LogP contribution in [0.25, 0.3) is 0 Å². The van der Waals surface area contributed by atoms with Gasteiger partial charge < -0.3 is 15.1 Å². The number of carbonyl (C=O) groups excluding carboxylic acids is 3. The highest BCUT2D eigenvalue weighted by atomic mass is 16.3. The van der Waals surface area contributed by atoms with Crippen LogP contribution in [0.15, 0.2) is 23.0 Å². The highest BCUT2D eigenvalue weighted by Crippen LogP contribution is 2.11. The van der Waals surface area contributed by atoms with Crippen molar-refractivity contribution in [3.05, 3.63) is 24.2 Å². The Labute approximate surface area is 128 Å². The summed E-state index contributed by atoms with van der Waals surface area (Å²) < 4.78 is 4.88. The lowest BCUT2D eigenvalue weighted by atomic mass is 10.0. The Morgan fingerprint density at radius 3 is 2.64 bits per heavy atom. The minimum atomic E-state index is -0.507. The number of likely N-dealkylation sites (tertiary alicyclic amines) is 1. The molecule has 0 spiro atoms. The second-order valence-electron chi connectivity index (χ2n) is 5.16. The van der Waals surface area contributed by atoms with Crippen LogP contribution in [-0.2, 0) is 4.79 Å². The first-order chi connectivity index (χ1) is 10.6. The van der Waals surface area contributed by atoms with Crippen LogP contribution in [0.3, 0.4) is 0 Å². The number of nitrogens with one attached hydrogen (secondary N) is 3. The van der Waals surface area contributed by atoms with E-state index in [0.29, 0.717) is 18.7 Å². The summed E-state index contributed by atoms with van der Waals surface area (Å²) in [5.74, 6) is -0.482. The maximum absolute atomic E-state index is 11.9. The molecule has 4 amide bonds. The Hall–Kier alpha value is -2.35. The Morgan fingerprint density at radius 2 is 2.05 bits per heavy atom. The summed E-state index contributed by atoms with van der Waals surface area (Å²) in [7, 11) is 1.46. The third kappa shape index (κ3) is 4.59. The molecular weight excluding hydrogens is 288 g/mol. The number of hydrogen-bond donors (Lipinski definition) is 3. The lowest BCUT2D eigenvalue weighted by Gasteiger charge is -2.31. The van der Waals surface area contributed by atoms with Gasteiger partial charge in [0.1, 0.15) is 6.26 Å². The topological polar surface area (TPSA) is 104 Å². The van der Waals surface area contributed by atoms with Crippen LogP contribution in [0.5, 0.6) is 0 Å². The summed E-state index contributed by atoms with van der Waals surface area (Å²) in [6.45, 7) is 1.56. The molecule has 0 aliphatic carbocycles. The number of nitrogens with zero attached hydrogens (tertiary/aromatic N) is 1. The van der Waals surface area contributed by atoms with Crippen LogP contribution in [0.1, 0.15) is 23.2 Å². The maximum atomic E-state index is 11.9. The summed E-state index contributed by atoms with van der Waals surface area (Å²) in [5, 5.41) is 7.50. The molecule has 1 aromatic heterocycles. The molecule has 0 aromatic carbocycles. The van der Waals surface area contributed by atoms with Crippen molar-refractivity contribution in [2.45, 2.75) is 18.9 Å². The monoisotopic (exact) mass is 308 g/mol. The molecule has 1 aliphatic heterocycles. The molecule has 1 aliphatic rings. The number of furan rings is 1. The van der Waals surface area contributed by atoms with Crippen molar-refractivity contribution in [3.8, 4) is 0 Å². The molecule has 0 bridgehead atoms. The van der Waals surface area contributed by atoms with Crippen LogP contribution in [0, 0.1) is 0 Å². The Kier molecular flexibility index (Phi) is 5.54. The fourth-order valence-electron chi connectivity index (χ4n) is 2.33. The van der Waals surface area contributed by atoms with Gasteiger partial charge in [-0.1, -0.05) is 0 Å². The molecule has 3 N–H and O–H groups in total. The van der Waals surface area contributed by atoms with Crippen molar-refractivity contribution in [1.82, 2.24) is 20.9 Å². The van der Waals surface area contributed by atoms with Gasteiger partial charge in [0, 0.05) is 26.2 Å². The molecule has 8 heteroatoms. The normalized spacial score (nSPS) is 16.0. The summed E-state index contributed by atoms with van der Waals surface area (Å²) in [6.07, 6.45) is 4.39. The summed E-state index contributed by atoms with van der Waals surface area (Å²) >= 11 is 0. The van der Waals surface area contributed by atoms with E-state index in [1.807, 2.05) is 4.90 Å². The number of hydrogen-bond acceptors (Lipinski definition) is 5. The number of imide groups is 1. The predicted molar refractivity (Wildman–Crippen MR) is 78.2 cm³/mol. The van der Waals surface area contributed by atoms with Gasteiger partial charge in [0.05, 0.1) is 18.4 Å². The fraction of sp³-hybridized carbons (Fsp3) is 0.500. The highest BCUT2D eigenvalue weighted by molar-refractivity contribution is 5.95. The van der Waals surface area contributed by atoms with Gasteiger partial charge in [-0.2, -0.15) is 0 Å². The van der Waals surface area contributed by atoms with Crippen molar-refractivity contribution in [3.63, 3.8) is 0 Å². The first-order valence-corrected chi connectivity index (χ1v) is 7.15. The van der Waals surface area contributed by atoms with E-state index < -0.39 is 6.03 Å². The third-order valence-corrected chi connectivity index (χ3v) is 3.55. The molecule has 120 valence electrons. The molecule has 1 fully saturated rings. The van der Waals surface area contributed by atoms with Gasteiger partial charge in [-0.25, -0.2) is 4.79 Å². The molecule has 2 rings (SSSR count). The molecule has 0 atom stereocenters. The standard InChI is InChI=1S/C14H20N4O4/c1-15-14(21)17-12(19)8-18-5-2-11(3-6-18)16-13(20)10-4-7-22-9-10/h4,7,9,11H,2-3,5-6,8H2,1H3,(H,16,20)(H2,15,17,19,21). The largest absolute Gasteiger partial charge is 0.472 e. The van der Waals surface area contributed by atoms with E-state index in [1.165, 1.54) is 19.6 Å². The molecule has 0 unspecified atom stereocenters. The van der Waals surface area contributed by atoms with Crippen LogP contribution >= 0.6 is 0 Å².